The lowest BCUT2D eigenvalue weighted by molar-refractivity contribution is 0.0252. The fourth-order valence-corrected chi connectivity index (χ4v) is 4.49. The molecule has 164 valence electrons. The van der Waals surface area contributed by atoms with E-state index in [0.29, 0.717) is 23.2 Å². The number of fused-ring (bicyclic) bond motifs is 1. The van der Waals surface area contributed by atoms with Gasteiger partial charge in [0.25, 0.3) is 5.91 Å². The van der Waals surface area contributed by atoms with Gasteiger partial charge in [-0.25, -0.2) is 17.5 Å². The number of amides is 1. The standard InChI is InChI=1S/C24H22N2O5S/c1-26(2)32(29,30)20-10-6-9-19(15-20)25-23(27)17-11-12-21-18(13-17)14-22(31-24(21)28)16-7-4-3-5-8-16/h3-13,15,22H,14H2,1-2H3,(H,25,27)/t22-/m0/s1. The molecule has 0 aromatic heterocycles. The largest absolute Gasteiger partial charge is 0.454 e. The van der Waals surface area contributed by atoms with Crippen LogP contribution in [0.15, 0.2) is 77.7 Å². The third-order valence-corrected chi connectivity index (χ3v) is 7.09. The monoisotopic (exact) mass is 450 g/mol. The average Bonchev–Trinajstić information content (AvgIpc) is 2.79. The first-order chi connectivity index (χ1) is 15.3. The van der Waals surface area contributed by atoms with Crippen molar-refractivity contribution in [3.8, 4) is 0 Å². The third kappa shape index (κ3) is 4.28. The molecule has 1 heterocycles. The van der Waals surface area contributed by atoms with Gasteiger partial charge in [0.1, 0.15) is 6.10 Å². The summed E-state index contributed by atoms with van der Waals surface area (Å²) in [6, 6.07) is 20.3. The highest BCUT2D eigenvalue weighted by molar-refractivity contribution is 7.89. The van der Waals surface area contributed by atoms with Gasteiger partial charge < -0.3 is 10.1 Å². The number of nitrogens with one attached hydrogen (secondary N) is 1. The predicted molar refractivity (Wildman–Crippen MR) is 120 cm³/mol. The molecule has 32 heavy (non-hydrogen) atoms. The second-order valence-corrected chi connectivity index (χ2v) is 9.80. The molecule has 0 saturated heterocycles. The minimum Gasteiger partial charge on any atom is -0.454 e. The molecule has 3 aromatic carbocycles. The Labute approximate surface area is 186 Å². The van der Waals surface area contributed by atoms with Crippen molar-refractivity contribution in [3.63, 3.8) is 0 Å². The van der Waals surface area contributed by atoms with Crippen molar-refractivity contribution in [1.29, 1.82) is 0 Å². The highest BCUT2D eigenvalue weighted by atomic mass is 32.2. The fraction of sp³-hybridized carbons (Fsp3) is 0.167. The summed E-state index contributed by atoms with van der Waals surface area (Å²) in [5.41, 5.74) is 2.78. The summed E-state index contributed by atoms with van der Waals surface area (Å²) < 4.78 is 31.4. The van der Waals surface area contributed by atoms with Gasteiger partial charge in [0.2, 0.25) is 10.0 Å². The number of carbonyl (C=O) groups is 2. The van der Waals surface area contributed by atoms with Crippen LogP contribution < -0.4 is 5.32 Å². The molecule has 0 bridgehead atoms. The summed E-state index contributed by atoms with van der Waals surface area (Å²) in [5.74, 6) is -0.823. The Hall–Kier alpha value is -3.49. The van der Waals surface area contributed by atoms with Crippen LogP contribution in [0.3, 0.4) is 0 Å². The van der Waals surface area contributed by atoms with Crippen LogP contribution >= 0.6 is 0 Å². The molecule has 1 aliphatic heterocycles. The molecule has 0 aliphatic carbocycles. The summed E-state index contributed by atoms with van der Waals surface area (Å²) in [5, 5.41) is 2.73. The normalized spacial score (nSPS) is 15.7. The number of benzene rings is 3. The van der Waals surface area contributed by atoms with Gasteiger partial charge in [0.05, 0.1) is 10.5 Å². The summed E-state index contributed by atoms with van der Waals surface area (Å²) in [6.45, 7) is 0. The van der Waals surface area contributed by atoms with Gasteiger partial charge in [-0.15, -0.1) is 0 Å². The average molecular weight is 451 g/mol. The highest BCUT2D eigenvalue weighted by Crippen LogP contribution is 2.31. The first kappa shape index (κ1) is 21.7. The van der Waals surface area contributed by atoms with E-state index in [2.05, 4.69) is 5.32 Å². The van der Waals surface area contributed by atoms with Crippen molar-refractivity contribution < 1.29 is 22.7 Å². The second kappa shape index (κ2) is 8.57. The number of esters is 1. The lowest BCUT2D eigenvalue weighted by Gasteiger charge is -2.25. The third-order valence-electron chi connectivity index (χ3n) is 5.28. The quantitative estimate of drug-likeness (QED) is 0.599. The SMILES string of the molecule is CN(C)S(=O)(=O)c1cccc(NC(=O)c2ccc3c(c2)C[C@@H](c2ccccc2)OC3=O)c1. The summed E-state index contributed by atoms with van der Waals surface area (Å²) in [6.07, 6.45) is 0.0467. The van der Waals surface area contributed by atoms with Crippen molar-refractivity contribution in [3.05, 3.63) is 95.1 Å². The minimum absolute atomic E-state index is 0.0826. The molecule has 4 rings (SSSR count). The molecule has 1 atom stereocenters. The van der Waals surface area contributed by atoms with E-state index in [1.54, 1.807) is 30.3 Å². The Bertz CT molecular complexity index is 1290. The molecule has 0 radical (unpaired) electrons. The molecule has 0 unspecified atom stereocenters. The molecular weight excluding hydrogens is 428 g/mol. The summed E-state index contributed by atoms with van der Waals surface area (Å²) in [4.78, 5) is 25.4. The first-order valence-corrected chi connectivity index (χ1v) is 11.4. The van der Waals surface area contributed by atoms with E-state index in [0.717, 1.165) is 15.4 Å². The molecular formula is C24H22N2O5S. The number of ether oxygens (including phenoxy) is 1. The van der Waals surface area contributed by atoms with E-state index in [4.69, 9.17) is 4.74 Å². The smallest absolute Gasteiger partial charge is 0.339 e. The van der Waals surface area contributed by atoms with E-state index in [9.17, 15) is 18.0 Å². The Morgan fingerprint density at radius 1 is 1.00 bits per heavy atom. The molecule has 1 aliphatic rings. The fourth-order valence-electron chi connectivity index (χ4n) is 3.54. The number of hydrogen-bond donors (Lipinski definition) is 1. The van der Waals surface area contributed by atoms with Crippen LogP contribution in [0.1, 0.15) is 37.9 Å². The minimum atomic E-state index is -3.62. The van der Waals surface area contributed by atoms with Crippen LogP contribution in [0.25, 0.3) is 0 Å². The number of sulfonamides is 1. The van der Waals surface area contributed by atoms with E-state index in [1.807, 2.05) is 30.3 Å². The van der Waals surface area contributed by atoms with E-state index >= 15 is 0 Å². The lowest BCUT2D eigenvalue weighted by Crippen LogP contribution is -2.23. The first-order valence-electron chi connectivity index (χ1n) is 9.98. The van der Waals surface area contributed by atoms with E-state index < -0.39 is 28.0 Å². The van der Waals surface area contributed by atoms with Gasteiger partial charge >= 0.3 is 5.97 Å². The molecule has 1 amide bonds. The van der Waals surface area contributed by atoms with Crippen LogP contribution in [0.4, 0.5) is 5.69 Å². The molecule has 0 saturated carbocycles. The van der Waals surface area contributed by atoms with Gasteiger partial charge in [-0.3, -0.25) is 4.79 Å². The predicted octanol–water partition coefficient (Wildman–Crippen LogP) is 3.64. The van der Waals surface area contributed by atoms with Crippen molar-refractivity contribution in [2.24, 2.45) is 0 Å². The van der Waals surface area contributed by atoms with Gasteiger partial charge in [-0.2, -0.15) is 0 Å². The molecule has 0 fully saturated rings. The van der Waals surface area contributed by atoms with Crippen molar-refractivity contribution >= 4 is 27.6 Å². The van der Waals surface area contributed by atoms with Gasteiger partial charge in [0, 0.05) is 31.8 Å². The van der Waals surface area contributed by atoms with Gasteiger partial charge in [-0.05, 0) is 47.5 Å². The molecule has 7 nitrogen and oxygen atoms in total. The van der Waals surface area contributed by atoms with E-state index in [-0.39, 0.29) is 4.90 Å². The molecule has 3 aromatic rings. The second-order valence-electron chi connectivity index (χ2n) is 7.65. The molecule has 0 spiro atoms. The summed E-state index contributed by atoms with van der Waals surface area (Å²) >= 11 is 0. The lowest BCUT2D eigenvalue weighted by atomic mass is 9.93. The number of carbonyl (C=O) groups excluding carboxylic acids is 2. The van der Waals surface area contributed by atoms with Crippen molar-refractivity contribution in [1.82, 2.24) is 4.31 Å². The van der Waals surface area contributed by atoms with Crippen LogP contribution in [-0.2, 0) is 21.2 Å². The zero-order valence-corrected chi connectivity index (χ0v) is 18.4. The van der Waals surface area contributed by atoms with Crippen LogP contribution in [0.2, 0.25) is 0 Å². The topological polar surface area (TPSA) is 92.8 Å². The highest BCUT2D eigenvalue weighted by Gasteiger charge is 2.28. The van der Waals surface area contributed by atoms with Crippen LogP contribution in [0.5, 0.6) is 0 Å². The zero-order chi connectivity index (χ0) is 22.9. The molecule has 1 N–H and O–H groups in total. The van der Waals surface area contributed by atoms with Crippen molar-refractivity contribution in [2.45, 2.75) is 17.4 Å². The van der Waals surface area contributed by atoms with Gasteiger partial charge in [-0.1, -0.05) is 36.4 Å². The summed E-state index contributed by atoms with van der Waals surface area (Å²) in [7, 11) is -0.728. The Balaban J connectivity index is 1.57. The maximum absolute atomic E-state index is 12.8. The number of nitrogens with zero attached hydrogens (tertiary/aromatic N) is 1. The number of cyclic esters (lactones) is 1. The number of rotatable bonds is 5. The number of anilines is 1. The van der Waals surface area contributed by atoms with E-state index in [1.165, 1.54) is 26.2 Å². The Morgan fingerprint density at radius 3 is 2.47 bits per heavy atom. The van der Waals surface area contributed by atoms with Crippen LogP contribution in [0, 0.1) is 0 Å². The molecule has 8 heteroatoms. The maximum atomic E-state index is 12.8. The van der Waals surface area contributed by atoms with Crippen LogP contribution in [-0.4, -0.2) is 38.7 Å². The Kier molecular flexibility index (Phi) is 5.82. The number of hydrogen-bond acceptors (Lipinski definition) is 5. The zero-order valence-electron chi connectivity index (χ0n) is 17.6. The van der Waals surface area contributed by atoms with Gasteiger partial charge in [0.15, 0.2) is 0 Å². The maximum Gasteiger partial charge on any atom is 0.339 e. The Morgan fingerprint density at radius 2 is 1.75 bits per heavy atom. The van der Waals surface area contributed by atoms with Crippen molar-refractivity contribution in [2.75, 3.05) is 19.4 Å².